The predicted molar refractivity (Wildman–Crippen MR) is 140 cm³/mol. The zero-order valence-electron chi connectivity index (χ0n) is 20.2. The van der Waals surface area contributed by atoms with Crippen LogP contribution in [0.1, 0.15) is 112 Å². The quantitative estimate of drug-likeness (QED) is 0.117. The number of hydrogen-bond acceptors (Lipinski definition) is 2. The summed E-state index contributed by atoms with van der Waals surface area (Å²) in [6.45, 7) is 2.28. The van der Waals surface area contributed by atoms with E-state index < -0.39 is 0 Å². The summed E-state index contributed by atoms with van der Waals surface area (Å²) in [4.78, 5) is 12.2. The number of benzene rings is 2. The molecule has 0 aliphatic heterocycles. The molecule has 0 spiro atoms. The normalized spacial score (nSPS) is 11.3. The highest BCUT2D eigenvalue weighted by Crippen LogP contribution is 2.19. The van der Waals surface area contributed by atoms with E-state index in [1.54, 1.807) is 6.08 Å². The van der Waals surface area contributed by atoms with Gasteiger partial charge in [-0.3, -0.25) is 4.79 Å². The Morgan fingerprint density at radius 2 is 1.31 bits per heavy atom. The molecule has 0 bridgehead atoms. The van der Waals surface area contributed by atoms with E-state index >= 15 is 0 Å². The number of rotatable bonds is 17. The van der Waals surface area contributed by atoms with Crippen molar-refractivity contribution in [2.24, 2.45) is 0 Å². The average Bonchev–Trinajstić information content (AvgIpc) is 2.82. The highest BCUT2D eigenvalue weighted by atomic mass is 16.1. The Hall–Kier alpha value is -2.35. The minimum Gasteiger partial charge on any atom is -0.398 e. The van der Waals surface area contributed by atoms with Crippen molar-refractivity contribution in [3.05, 3.63) is 71.3 Å². The fourth-order valence-electron chi connectivity index (χ4n) is 4.15. The number of nitrogens with two attached hydrogens (primary N) is 1. The zero-order valence-corrected chi connectivity index (χ0v) is 20.2. The molecule has 0 fully saturated rings. The molecule has 174 valence electrons. The number of carbonyl (C=O) groups excluding carboxylic acids is 1. The third kappa shape index (κ3) is 10.8. The van der Waals surface area contributed by atoms with Crippen LogP contribution in [0.3, 0.4) is 0 Å². The lowest BCUT2D eigenvalue weighted by atomic mass is 10.0. The molecule has 0 unspecified atom stereocenters. The van der Waals surface area contributed by atoms with Crippen molar-refractivity contribution in [2.75, 3.05) is 5.73 Å². The molecule has 2 N–H and O–H groups in total. The SMILES string of the molecule is CCCCCCCCCCCCCCCc1ccc(C=CC(=O)c2ccccc2)cc1N. The van der Waals surface area contributed by atoms with Gasteiger partial charge in [0.1, 0.15) is 0 Å². The number of aryl methyl sites for hydroxylation is 1. The molecule has 0 aliphatic carbocycles. The van der Waals surface area contributed by atoms with Crippen LogP contribution >= 0.6 is 0 Å². The van der Waals surface area contributed by atoms with Gasteiger partial charge in [0.25, 0.3) is 0 Å². The number of carbonyl (C=O) groups is 1. The topological polar surface area (TPSA) is 43.1 Å². The third-order valence-electron chi connectivity index (χ3n) is 6.21. The maximum atomic E-state index is 12.2. The molecular weight excluding hydrogens is 390 g/mol. The number of nitrogen functional groups attached to an aromatic ring is 1. The van der Waals surface area contributed by atoms with E-state index in [1.807, 2.05) is 42.5 Å². The van der Waals surface area contributed by atoms with Crippen molar-refractivity contribution < 1.29 is 4.79 Å². The van der Waals surface area contributed by atoms with Gasteiger partial charge >= 0.3 is 0 Å². The molecule has 0 radical (unpaired) electrons. The zero-order chi connectivity index (χ0) is 22.9. The van der Waals surface area contributed by atoms with Crippen molar-refractivity contribution in [1.82, 2.24) is 0 Å². The van der Waals surface area contributed by atoms with Crippen LogP contribution in [-0.4, -0.2) is 5.78 Å². The second-order valence-corrected chi connectivity index (χ2v) is 9.01. The van der Waals surface area contributed by atoms with Gasteiger partial charge in [0.15, 0.2) is 5.78 Å². The standard InChI is InChI=1S/C30H43NO/c1-2-3-4-5-6-7-8-9-10-11-12-13-15-18-27-23-21-26(25-29(27)31)22-24-30(32)28-19-16-14-17-20-28/h14,16-17,19-25H,2-13,15,18,31H2,1H3. The first kappa shape index (κ1) is 25.9. The number of unbranched alkanes of at least 4 members (excludes halogenated alkanes) is 12. The lowest BCUT2D eigenvalue weighted by Crippen LogP contribution is -1.96. The van der Waals surface area contributed by atoms with Crippen LogP contribution in [0.5, 0.6) is 0 Å². The summed E-state index contributed by atoms with van der Waals surface area (Å²) in [5.74, 6) is 0.0141. The van der Waals surface area contributed by atoms with E-state index in [0.717, 1.165) is 17.7 Å². The second kappa shape index (κ2) is 16.3. The van der Waals surface area contributed by atoms with Crippen LogP contribution < -0.4 is 5.73 Å². The Morgan fingerprint density at radius 1 is 0.750 bits per heavy atom. The Labute approximate surface area is 196 Å². The minimum atomic E-state index is 0.0141. The number of allylic oxidation sites excluding steroid dienone is 1. The average molecular weight is 434 g/mol. The first-order chi connectivity index (χ1) is 15.7. The molecule has 2 rings (SSSR count). The maximum absolute atomic E-state index is 12.2. The van der Waals surface area contributed by atoms with Gasteiger partial charge in [0, 0.05) is 11.3 Å². The van der Waals surface area contributed by atoms with Crippen LogP contribution in [0.4, 0.5) is 5.69 Å². The molecule has 0 saturated carbocycles. The molecule has 0 atom stereocenters. The molecular formula is C30H43NO. The molecule has 2 aromatic rings. The van der Waals surface area contributed by atoms with Crippen LogP contribution in [0.25, 0.3) is 6.08 Å². The molecule has 2 heteroatoms. The van der Waals surface area contributed by atoms with Crippen LogP contribution in [-0.2, 0) is 6.42 Å². The van der Waals surface area contributed by atoms with Gasteiger partial charge in [0.2, 0.25) is 0 Å². The molecule has 2 aromatic carbocycles. The molecule has 0 amide bonds. The van der Waals surface area contributed by atoms with Crippen molar-refractivity contribution in [1.29, 1.82) is 0 Å². The lowest BCUT2D eigenvalue weighted by molar-refractivity contribution is 0.104. The highest BCUT2D eigenvalue weighted by Gasteiger charge is 2.03. The molecule has 0 aliphatic rings. The Morgan fingerprint density at radius 3 is 1.88 bits per heavy atom. The van der Waals surface area contributed by atoms with Crippen molar-refractivity contribution in [3.8, 4) is 0 Å². The van der Waals surface area contributed by atoms with E-state index in [2.05, 4.69) is 19.1 Å². The fraction of sp³-hybridized carbons (Fsp3) is 0.500. The third-order valence-corrected chi connectivity index (χ3v) is 6.21. The van der Waals surface area contributed by atoms with Gasteiger partial charge in [-0.05, 0) is 36.1 Å². The van der Waals surface area contributed by atoms with Crippen LogP contribution in [0.15, 0.2) is 54.6 Å². The van der Waals surface area contributed by atoms with E-state index in [1.165, 1.54) is 89.0 Å². The smallest absolute Gasteiger partial charge is 0.185 e. The van der Waals surface area contributed by atoms with E-state index in [9.17, 15) is 4.79 Å². The highest BCUT2D eigenvalue weighted by molar-refractivity contribution is 6.06. The summed E-state index contributed by atoms with van der Waals surface area (Å²) < 4.78 is 0. The van der Waals surface area contributed by atoms with E-state index in [0.29, 0.717) is 5.56 Å². The van der Waals surface area contributed by atoms with Gasteiger partial charge in [-0.15, -0.1) is 0 Å². The minimum absolute atomic E-state index is 0.0141. The van der Waals surface area contributed by atoms with Gasteiger partial charge in [-0.1, -0.05) is 133 Å². The second-order valence-electron chi connectivity index (χ2n) is 9.01. The molecule has 0 saturated heterocycles. The predicted octanol–water partition coefficient (Wildman–Crippen LogP) is 8.80. The fourth-order valence-corrected chi connectivity index (χ4v) is 4.15. The van der Waals surface area contributed by atoms with Gasteiger partial charge in [-0.2, -0.15) is 0 Å². The van der Waals surface area contributed by atoms with Crippen molar-refractivity contribution in [2.45, 2.75) is 96.8 Å². The number of ketones is 1. The molecule has 0 heterocycles. The van der Waals surface area contributed by atoms with Gasteiger partial charge in [0.05, 0.1) is 0 Å². The van der Waals surface area contributed by atoms with Crippen LogP contribution in [0.2, 0.25) is 0 Å². The summed E-state index contributed by atoms with van der Waals surface area (Å²) in [5, 5.41) is 0. The van der Waals surface area contributed by atoms with Crippen LogP contribution in [0, 0.1) is 0 Å². The number of hydrogen-bond donors (Lipinski definition) is 1. The van der Waals surface area contributed by atoms with E-state index in [-0.39, 0.29) is 5.78 Å². The molecule has 2 nitrogen and oxygen atoms in total. The van der Waals surface area contributed by atoms with Crippen molar-refractivity contribution in [3.63, 3.8) is 0 Å². The first-order valence-corrected chi connectivity index (χ1v) is 12.9. The van der Waals surface area contributed by atoms with Crippen molar-refractivity contribution >= 4 is 17.5 Å². The Bertz CT molecular complexity index is 794. The molecule has 0 aromatic heterocycles. The lowest BCUT2D eigenvalue weighted by Gasteiger charge is -2.07. The summed E-state index contributed by atoms with van der Waals surface area (Å²) in [6, 6.07) is 15.5. The summed E-state index contributed by atoms with van der Waals surface area (Å²) in [6.07, 6.45) is 22.4. The Balaban J connectivity index is 1.56. The summed E-state index contributed by atoms with van der Waals surface area (Å²) in [5.41, 5.74) is 10.00. The Kier molecular flexibility index (Phi) is 13.2. The molecule has 32 heavy (non-hydrogen) atoms. The van der Waals surface area contributed by atoms with E-state index in [4.69, 9.17) is 5.73 Å². The maximum Gasteiger partial charge on any atom is 0.185 e. The van der Waals surface area contributed by atoms with Gasteiger partial charge < -0.3 is 5.73 Å². The monoisotopic (exact) mass is 433 g/mol. The number of anilines is 1. The first-order valence-electron chi connectivity index (χ1n) is 12.9. The largest absolute Gasteiger partial charge is 0.398 e. The summed E-state index contributed by atoms with van der Waals surface area (Å²) in [7, 11) is 0. The summed E-state index contributed by atoms with van der Waals surface area (Å²) >= 11 is 0. The van der Waals surface area contributed by atoms with Gasteiger partial charge in [-0.25, -0.2) is 0 Å².